The number of hydrogen-bond donors (Lipinski definition) is 3. The van der Waals surface area contributed by atoms with Crippen LogP contribution in [0.4, 0.5) is 4.79 Å². The van der Waals surface area contributed by atoms with Gasteiger partial charge in [-0.1, -0.05) is 13.3 Å². The van der Waals surface area contributed by atoms with Crippen LogP contribution >= 0.6 is 0 Å². The lowest BCUT2D eigenvalue weighted by Gasteiger charge is -2.28. The van der Waals surface area contributed by atoms with Crippen molar-refractivity contribution in [3.05, 3.63) is 0 Å². The molecule has 112 valence electrons. The molecule has 0 spiro atoms. The molecule has 0 aromatic carbocycles. The minimum Gasteiger partial charge on any atom is -0.480 e. The van der Waals surface area contributed by atoms with E-state index in [0.29, 0.717) is 26.0 Å². The molecule has 0 aliphatic rings. The van der Waals surface area contributed by atoms with Gasteiger partial charge in [-0.25, -0.2) is 9.59 Å². The predicted molar refractivity (Wildman–Crippen MR) is 73.2 cm³/mol. The highest BCUT2D eigenvalue weighted by molar-refractivity contribution is 5.85. The number of carboxylic acids is 1. The summed E-state index contributed by atoms with van der Waals surface area (Å²) in [5, 5.41) is 14.3. The third-order valence-electron chi connectivity index (χ3n) is 2.82. The van der Waals surface area contributed by atoms with Crippen LogP contribution in [0, 0.1) is 0 Å². The van der Waals surface area contributed by atoms with Gasteiger partial charge in [0, 0.05) is 13.2 Å². The van der Waals surface area contributed by atoms with Crippen molar-refractivity contribution in [1.82, 2.24) is 10.6 Å². The first-order chi connectivity index (χ1) is 8.67. The summed E-state index contributed by atoms with van der Waals surface area (Å²) in [6, 6.07) is -0.494. The first-order valence-corrected chi connectivity index (χ1v) is 6.60. The van der Waals surface area contributed by atoms with E-state index < -0.39 is 23.1 Å². The number of carboxylic acid groups (broad SMARTS) is 1. The topological polar surface area (TPSA) is 87.7 Å². The van der Waals surface area contributed by atoms with Gasteiger partial charge in [0.1, 0.15) is 5.54 Å². The summed E-state index contributed by atoms with van der Waals surface area (Å²) in [5.41, 5.74) is -1.72. The maximum atomic E-state index is 11.7. The Labute approximate surface area is 114 Å². The van der Waals surface area contributed by atoms with E-state index in [1.807, 2.05) is 27.7 Å². The first-order valence-electron chi connectivity index (χ1n) is 6.60. The van der Waals surface area contributed by atoms with E-state index in [2.05, 4.69) is 10.6 Å². The van der Waals surface area contributed by atoms with Crippen molar-refractivity contribution in [1.29, 1.82) is 0 Å². The maximum Gasteiger partial charge on any atom is 0.329 e. The Hall–Kier alpha value is -1.30. The molecule has 0 aliphatic heterocycles. The number of ether oxygens (including phenoxy) is 1. The van der Waals surface area contributed by atoms with Crippen LogP contribution in [-0.2, 0) is 9.53 Å². The highest BCUT2D eigenvalue weighted by atomic mass is 16.5. The number of urea groups is 1. The number of aliphatic carboxylic acids is 1. The monoisotopic (exact) mass is 274 g/mol. The molecule has 1 atom stereocenters. The minimum atomic E-state index is -1.24. The number of hydrogen-bond acceptors (Lipinski definition) is 3. The molecule has 0 bridgehead atoms. The number of amides is 2. The fraction of sp³-hybridized carbons (Fsp3) is 0.846. The van der Waals surface area contributed by atoms with Gasteiger partial charge in [-0.2, -0.15) is 0 Å². The highest BCUT2D eigenvalue weighted by Crippen LogP contribution is 2.12. The Morgan fingerprint density at radius 2 is 1.79 bits per heavy atom. The minimum absolute atomic E-state index is 0.314. The van der Waals surface area contributed by atoms with Crippen LogP contribution in [0.25, 0.3) is 0 Å². The van der Waals surface area contributed by atoms with Gasteiger partial charge in [0.15, 0.2) is 0 Å². The van der Waals surface area contributed by atoms with Crippen LogP contribution in [0.15, 0.2) is 0 Å². The van der Waals surface area contributed by atoms with Gasteiger partial charge in [-0.3, -0.25) is 0 Å². The predicted octanol–water partition coefficient (Wildman–Crippen LogP) is 1.74. The Bertz CT molecular complexity index is 318. The molecule has 0 aliphatic carbocycles. The third kappa shape index (κ3) is 6.42. The second kappa shape index (κ2) is 7.33. The van der Waals surface area contributed by atoms with Crippen LogP contribution in [0.1, 0.15) is 47.5 Å². The van der Waals surface area contributed by atoms with Crippen molar-refractivity contribution in [2.24, 2.45) is 0 Å². The fourth-order valence-corrected chi connectivity index (χ4v) is 1.75. The average Bonchev–Trinajstić information content (AvgIpc) is 2.26. The summed E-state index contributed by atoms with van der Waals surface area (Å²) in [6.45, 7) is 9.85. The zero-order chi connectivity index (χ0) is 15.1. The van der Waals surface area contributed by atoms with Crippen molar-refractivity contribution in [3.63, 3.8) is 0 Å². The van der Waals surface area contributed by atoms with E-state index in [4.69, 9.17) is 9.84 Å². The number of nitrogens with one attached hydrogen (secondary N) is 2. The van der Waals surface area contributed by atoms with Crippen molar-refractivity contribution in [3.8, 4) is 0 Å². The molecule has 0 fully saturated rings. The molecular weight excluding hydrogens is 248 g/mol. The van der Waals surface area contributed by atoms with Crippen LogP contribution in [-0.4, -0.2) is 41.4 Å². The third-order valence-corrected chi connectivity index (χ3v) is 2.82. The van der Waals surface area contributed by atoms with Crippen molar-refractivity contribution < 1.29 is 19.4 Å². The zero-order valence-electron chi connectivity index (χ0n) is 12.5. The molecular formula is C13H26N2O4. The second-order valence-corrected chi connectivity index (χ2v) is 5.39. The van der Waals surface area contributed by atoms with E-state index in [1.165, 1.54) is 6.92 Å². The quantitative estimate of drug-likeness (QED) is 0.629. The molecule has 0 radical (unpaired) electrons. The summed E-state index contributed by atoms with van der Waals surface area (Å²) in [6.07, 6.45) is 1.05. The Morgan fingerprint density at radius 1 is 1.21 bits per heavy atom. The largest absolute Gasteiger partial charge is 0.480 e. The van der Waals surface area contributed by atoms with Crippen LogP contribution in [0.5, 0.6) is 0 Å². The highest BCUT2D eigenvalue weighted by Gasteiger charge is 2.34. The van der Waals surface area contributed by atoms with Gasteiger partial charge >= 0.3 is 12.0 Å². The summed E-state index contributed by atoms with van der Waals surface area (Å²) in [7, 11) is 0. The maximum absolute atomic E-state index is 11.7. The Kier molecular flexibility index (Phi) is 6.83. The van der Waals surface area contributed by atoms with Crippen LogP contribution in [0.2, 0.25) is 0 Å². The molecule has 0 rings (SSSR count). The molecule has 0 aromatic heterocycles. The average molecular weight is 274 g/mol. The summed E-state index contributed by atoms with van der Waals surface area (Å²) in [4.78, 5) is 22.9. The van der Waals surface area contributed by atoms with E-state index in [9.17, 15) is 9.59 Å². The Balaban J connectivity index is 4.40. The van der Waals surface area contributed by atoms with Crippen molar-refractivity contribution in [2.45, 2.75) is 58.6 Å². The molecule has 6 nitrogen and oxygen atoms in total. The van der Waals surface area contributed by atoms with E-state index in [0.717, 1.165) is 0 Å². The standard InChI is InChI=1S/C13H26N2O4/c1-6-8-13(5,10(16)17)15-11(18)14-9-12(3,4)19-7-2/h6-9H2,1-5H3,(H,16,17)(H2,14,15,18). The number of carbonyl (C=O) groups excluding carboxylic acids is 1. The lowest BCUT2D eigenvalue weighted by atomic mass is 9.96. The summed E-state index contributed by atoms with van der Waals surface area (Å²) >= 11 is 0. The fourth-order valence-electron chi connectivity index (χ4n) is 1.75. The molecule has 6 heteroatoms. The van der Waals surface area contributed by atoms with E-state index in [1.54, 1.807) is 0 Å². The van der Waals surface area contributed by atoms with Gasteiger partial charge in [0.05, 0.1) is 5.60 Å². The lowest BCUT2D eigenvalue weighted by Crippen LogP contribution is -2.56. The van der Waals surface area contributed by atoms with Gasteiger partial charge in [0.2, 0.25) is 0 Å². The normalized spacial score (nSPS) is 14.6. The van der Waals surface area contributed by atoms with Gasteiger partial charge in [-0.05, 0) is 34.1 Å². The van der Waals surface area contributed by atoms with Crippen LogP contribution in [0.3, 0.4) is 0 Å². The molecule has 0 saturated heterocycles. The molecule has 2 amide bonds. The molecule has 0 heterocycles. The molecule has 1 unspecified atom stereocenters. The van der Waals surface area contributed by atoms with Gasteiger partial charge < -0.3 is 20.5 Å². The number of carbonyl (C=O) groups is 2. The summed E-state index contributed by atoms with van der Waals surface area (Å²) in [5.74, 6) is -1.03. The first kappa shape index (κ1) is 17.7. The molecule has 0 aromatic rings. The lowest BCUT2D eigenvalue weighted by molar-refractivity contribution is -0.144. The van der Waals surface area contributed by atoms with Crippen molar-refractivity contribution >= 4 is 12.0 Å². The molecule has 0 saturated carbocycles. The van der Waals surface area contributed by atoms with Gasteiger partial charge in [0.25, 0.3) is 0 Å². The zero-order valence-corrected chi connectivity index (χ0v) is 12.5. The SMILES string of the molecule is CCCC(C)(NC(=O)NCC(C)(C)OCC)C(=O)O. The Morgan fingerprint density at radius 3 is 2.21 bits per heavy atom. The molecule has 19 heavy (non-hydrogen) atoms. The van der Waals surface area contributed by atoms with E-state index >= 15 is 0 Å². The van der Waals surface area contributed by atoms with Crippen molar-refractivity contribution in [2.75, 3.05) is 13.2 Å². The van der Waals surface area contributed by atoms with E-state index in [-0.39, 0.29) is 0 Å². The smallest absolute Gasteiger partial charge is 0.329 e. The van der Waals surface area contributed by atoms with Crippen LogP contribution < -0.4 is 10.6 Å². The second-order valence-electron chi connectivity index (χ2n) is 5.39. The number of rotatable bonds is 8. The molecule has 3 N–H and O–H groups in total. The summed E-state index contributed by atoms with van der Waals surface area (Å²) < 4.78 is 5.45. The van der Waals surface area contributed by atoms with Gasteiger partial charge in [-0.15, -0.1) is 0 Å².